The van der Waals surface area contributed by atoms with Crippen LogP contribution >= 0.6 is 0 Å². The van der Waals surface area contributed by atoms with Crippen molar-refractivity contribution in [3.8, 4) is 0 Å². The van der Waals surface area contributed by atoms with E-state index in [1.165, 1.54) is 6.07 Å². The smallest absolute Gasteiger partial charge is 0.227 e. The molecule has 4 N–H and O–H groups in total. The first kappa shape index (κ1) is 16.4. The lowest BCUT2D eigenvalue weighted by Gasteiger charge is -2.27. The van der Waals surface area contributed by atoms with E-state index < -0.39 is 0 Å². The molecule has 1 aliphatic heterocycles. The van der Waals surface area contributed by atoms with Crippen LogP contribution in [0.4, 0.5) is 21.8 Å². The summed E-state index contributed by atoms with van der Waals surface area (Å²) < 4.78 is 13.6. The van der Waals surface area contributed by atoms with Gasteiger partial charge in [-0.2, -0.15) is 9.97 Å². The highest BCUT2D eigenvalue weighted by atomic mass is 19.1. The Bertz CT molecular complexity index is 977. The monoisotopic (exact) mass is 367 g/mol. The number of H-pyrrole nitrogens is 1. The van der Waals surface area contributed by atoms with E-state index in [2.05, 4.69) is 25.2 Å². The van der Waals surface area contributed by atoms with Crippen molar-refractivity contribution in [2.75, 3.05) is 16.8 Å². The van der Waals surface area contributed by atoms with Crippen LogP contribution in [0.2, 0.25) is 0 Å². The van der Waals surface area contributed by atoms with E-state index in [-0.39, 0.29) is 5.82 Å². The SMILES string of the molecule is NC1CCC(Nc2nc(N3CCc4cc(F)ccc43)c3[nH]cnc3n2)CC1. The van der Waals surface area contributed by atoms with Gasteiger partial charge in [0.25, 0.3) is 0 Å². The van der Waals surface area contributed by atoms with E-state index in [1.54, 1.807) is 12.4 Å². The fraction of sp³-hybridized carbons (Fsp3) is 0.421. The first-order valence-electron chi connectivity index (χ1n) is 9.46. The number of halogens is 1. The molecule has 8 heteroatoms. The van der Waals surface area contributed by atoms with Crippen molar-refractivity contribution < 1.29 is 4.39 Å². The number of fused-ring (bicyclic) bond motifs is 2. The summed E-state index contributed by atoms with van der Waals surface area (Å²) in [5.41, 5.74) is 9.42. The highest BCUT2D eigenvalue weighted by Crippen LogP contribution is 2.37. The summed E-state index contributed by atoms with van der Waals surface area (Å²) in [4.78, 5) is 19.0. The van der Waals surface area contributed by atoms with Gasteiger partial charge in [0.2, 0.25) is 5.95 Å². The van der Waals surface area contributed by atoms with Crippen molar-refractivity contribution in [3.05, 3.63) is 35.9 Å². The average Bonchev–Trinajstić information content (AvgIpc) is 3.29. The van der Waals surface area contributed by atoms with Gasteiger partial charge in [-0.25, -0.2) is 9.37 Å². The minimum absolute atomic E-state index is 0.206. The molecule has 1 aliphatic carbocycles. The molecular formula is C19H22FN7. The van der Waals surface area contributed by atoms with Gasteiger partial charge in [0.05, 0.1) is 6.33 Å². The minimum atomic E-state index is -0.206. The number of nitrogens with two attached hydrogens (primary N) is 1. The van der Waals surface area contributed by atoms with Crippen molar-refractivity contribution in [2.45, 2.75) is 44.2 Å². The first-order valence-corrected chi connectivity index (χ1v) is 9.46. The van der Waals surface area contributed by atoms with Gasteiger partial charge in [-0.05, 0) is 55.9 Å². The van der Waals surface area contributed by atoms with Crippen LogP contribution in [-0.2, 0) is 6.42 Å². The summed E-state index contributed by atoms with van der Waals surface area (Å²) >= 11 is 0. The van der Waals surface area contributed by atoms with Gasteiger partial charge in [0, 0.05) is 24.3 Å². The van der Waals surface area contributed by atoms with Crippen LogP contribution in [0.3, 0.4) is 0 Å². The van der Waals surface area contributed by atoms with Crippen LogP contribution in [0, 0.1) is 5.82 Å². The minimum Gasteiger partial charge on any atom is -0.351 e. The molecule has 0 bridgehead atoms. The summed E-state index contributed by atoms with van der Waals surface area (Å²) in [7, 11) is 0. The first-order chi connectivity index (χ1) is 13.2. The molecule has 1 aromatic carbocycles. The molecule has 1 saturated carbocycles. The molecule has 7 nitrogen and oxygen atoms in total. The number of anilines is 3. The number of hydrogen-bond donors (Lipinski definition) is 3. The topological polar surface area (TPSA) is 95.8 Å². The summed E-state index contributed by atoms with van der Waals surface area (Å²) in [6, 6.07) is 5.54. The molecule has 2 aromatic heterocycles. The number of aromatic amines is 1. The van der Waals surface area contributed by atoms with E-state index in [4.69, 9.17) is 10.7 Å². The molecule has 3 heterocycles. The van der Waals surface area contributed by atoms with Gasteiger partial charge in [0.15, 0.2) is 11.5 Å². The summed E-state index contributed by atoms with van der Waals surface area (Å²) in [5, 5.41) is 3.46. The summed E-state index contributed by atoms with van der Waals surface area (Å²) in [5.74, 6) is 1.15. The zero-order chi connectivity index (χ0) is 18.4. The van der Waals surface area contributed by atoms with Gasteiger partial charge in [-0.3, -0.25) is 0 Å². The molecule has 2 aliphatic rings. The third-order valence-corrected chi connectivity index (χ3v) is 5.56. The Labute approximate surface area is 156 Å². The van der Waals surface area contributed by atoms with E-state index in [9.17, 15) is 4.39 Å². The Morgan fingerprint density at radius 3 is 2.89 bits per heavy atom. The molecule has 0 amide bonds. The highest BCUT2D eigenvalue weighted by molar-refractivity contribution is 5.88. The number of hydrogen-bond acceptors (Lipinski definition) is 6. The quantitative estimate of drug-likeness (QED) is 0.659. The maximum Gasteiger partial charge on any atom is 0.227 e. The Morgan fingerprint density at radius 2 is 2.04 bits per heavy atom. The molecule has 0 saturated heterocycles. The van der Waals surface area contributed by atoms with Crippen molar-refractivity contribution in [1.29, 1.82) is 0 Å². The summed E-state index contributed by atoms with van der Waals surface area (Å²) in [6.45, 7) is 0.752. The molecule has 0 atom stereocenters. The lowest BCUT2D eigenvalue weighted by molar-refractivity contribution is 0.410. The maximum absolute atomic E-state index is 13.6. The van der Waals surface area contributed by atoms with Crippen molar-refractivity contribution in [2.24, 2.45) is 5.73 Å². The van der Waals surface area contributed by atoms with Crippen LogP contribution in [0.5, 0.6) is 0 Å². The van der Waals surface area contributed by atoms with Crippen LogP contribution in [0.25, 0.3) is 11.2 Å². The molecule has 140 valence electrons. The van der Waals surface area contributed by atoms with E-state index >= 15 is 0 Å². The standard InChI is InChI=1S/C19H22FN7/c20-12-1-6-15-11(9-12)7-8-27(15)18-16-17(23-10-22-16)25-19(26-18)24-14-4-2-13(21)3-5-14/h1,6,9-10,13-14H,2-5,7-8,21H2,(H2,22,23,24,25,26). The number of aromatic nitrogens is 4. The molecular weight excluding hydrogens is 345 g/mol. The predicted molar refractivity (Wildman–Crippen MR) is 103 cm³/mol. The van der Waals surface area contributed by atoms with Crippen LogP contribution < -0.4 is 16.0 Å². The van der Waals surface area contributed by atoms with Crippen LogP contribution in [0.15, 0.2) is 24.5 Å². The molecule has 3 aromatic rings. The predicted octanol–water partition coefficient (Wildman–Crippen LogP) is 2.87. The van der Waals surface area contributed by atoms with Crippen LogP contribution in [0.1, 0.15) is 31.2 Å². The van der Waals surface area contributed by atoms with E-state index in [0.717, 1.165) is 61.2 Å². The lowest BCUT2D eigenvalue weighted by Crippen LogP contribution is -2.33. The third-order valence-electron chi connectivity index (χ3n) is 5.56. The molecule has 27 heavy (non-hydrogen) atoms. The molecule has 5 rings (SSSR count). The Balaban J connectivity index is 1.50. The third kappa shape index (κ3) is 2.99. The van der Waals surface area contributed by atoms with Gasteiger partial charge < -0.3 is 20.9 Å². The Kier molecular flexibility index (Phi) is 3.93. The molecule has 0 unspecified atom stereocenters. The van der Waals surface area contributed by atoms with Gasteiger partial charge in [-0.1, -0.05) is 0 Å². The Morgan fingerprint density at radius 1 is 1.19 bits per heavy atom. The van der Waals surface area contributed by atoms with Gasteiger partial charge in [0.1, 0.15) is 11.3 Å². The molecule has 0 radical (unpaired) electrons. The zero-order valence-electron chi connectivity index (χ0n) is 15.0. The number of nitrogens with one attached hydrogen (secondary N) is 2. The molecule has 1 fully saturated rings. The number of rotatable bonds is 3. The van der Waals surface area contributed by atoms with Gasteiger partial charge >= 0.3 is 0 Å². The van der Waals surface area contributed by atoms with E-state index in [1.807, 2.05) is 6.07 Å². The zero-order valence-corrected chi connectivity index (χ0v) is 15.0. The number of benzene rings is 1. The van der Waals surface area contributed by atoms with E-state index in [0.29, 0.717) is 23.7 Å². The second kappa shape index (κ2) is 6.45. The summed E-state index contributed by atoms with van der Waals surface area (Å²) in [6.07, 6.45) is 6.49. The second-order valence-corrected chi connectivity index (χ2v) is 7.40. The van der Waals surface area contributed by atoms with Crippen molar-refractivity contribution in [1.82, 2.24) is 19.9 Å². The molecule has 0 spiro atoms. The number of nitrogens with zero attached hydrogens (tertiary/aromatic N) is 4. The van der Waals surface area contributed by atoms with Crippen molar-refractivity contribution >= 4 is 28.6 Å². The lowest BCUT2D eigenvalue weighted by atomic mass is 9.92. The Hall–Kier alpha value is -2.74. The van der Waals surface area contributed by atoms with Gasteiger partial charge in [-0.15, -0.1) is 0 Å². The van der Waals surface area contributed by atoms with Crippen LogP contribution in [-0.4, -0.2) is 38.6 Å². The fourth-order valence-corrected chi connectivity index (χ4v) is 4.11. The number of imidazole rings is 1. The largest absolute Gasteiger partial charge is 0.351 e. The second-order valence-electron chi connectivity index (χ2n) is 7.40. The maximum atomic E-state index is 13.6. The average molecular weight is 367 g/mol. The highest BCUT2D eigenvalue weighted by Gasteiger charge is 2.26. The normalized spacial score (nSPS) is 22.2. The fourth-order valence-electron chi connectivity index (χ4n) is 4.11. The van der Waals surface area contributed by atoms with Crippen molar-refractivity contribution in [3.63, 3.8) is 0 Å².